The molecule has 234 valence electrons. The number of hydrogen-bond donors (Lipinski definition) is 1. The fourth-order valence-corrected chi connectivity index (χ4v) is 5.70. The Hall–Kier alpha value is -4.07. The van der Waals surface area contributed by atoms with E-state index in [9.17, 15) is 21.6 Å². The lowest BCUT2D eigenvalue weighted by atomic mass is 10.1. The van der Waals surface area contributed by atoms with E-state index in [1.807, 2.05) is 17.9 Å². The van der Waals surface area contributed by atoms with Gasteiger partial charge in [-0.15, -0.1) is 0 Å². The number of imidazole rings is 1. The first-order valence-electron chi connectivity index (χ1n) is 14.0. The van der Waals surface area contributed by atoms with E-state index in [1.54, 1.807) is 53.1 Å². The Morgan fingerprint density at radius 3 is 2.34 bits per heavy atom. The third kappa shape index (κ3) is 7.01. The van der Waals surface area contributed by atoms with Gasteiger partial charge in [-0.3, -0.25) is 4.90 Å². The number of primary sulfonamides is 1. The Morgan fingerprint density at radius 2 is 1.66 bits per heavy atom. The summed E-state index contributed by atoms with van der Waals surface area (Å²) in [5.41, 5.74) is 1.01. The minimum atomic E-state index is -4.72. The van der Waals surface area contributed by atoms with Crippen LogP contribution in [0.3, 0.4) is 0 Å². The minimum Gasteiger partial charge on any atom is -0.496 e. The maximum atomic E-state index is 14.6. The standard InChI is InChI=1S/C31H33F3N4O5S/c1-3-4-15-38-25(29(31(32,33)34)36-30(38)24-7-5-6-8-26(24)41-2)19-37(17-21-9-12-23(13-10-21)44(35,39)40)18-22-11-14-27-28(16-22)43-20-42-27/h5-14,16H,3-4,15,17-20H2,1-2H3,(H2,35,39,40). The van der Waals surface area contributed by atoms with Crippen LogP contribution < -0.4 is 19.3 Å². The second kappa shape index (κ2) is 12.9. The van der Waals surface area contributed by atoms with Crippen LogP contribution in [0, 0.1) is 0 Å². The Morgan fingerprint density at radius 1 is 0.977 bits per heavy atom. The minimum absolute atomic E-state index is 0.0220. The van der Waals surface area contributed by atoms with Crippen LogP contribution >= 0.6 is 0 Å². The highest BCUT2D eigenvalue weighted by atomic mass is 32.2. The number of benzene rings is 3. The van der Waals surface area contributed by atoms with Gasteiger partial charge in [-0.05, 0) is 53.9 Å². The fraction of sp³-hybridized carbons (Fsp3) is 0.323. The summed E-state index contributed by atoms with van der Waals surface area (Å²) in [6.07, 6.45) is -3.31. The maximum absolute atomic E-state index is 14.6. The predicted molar refractivity (Wildman–Crippen MR) is 157 cm³/mol. The zero-order valence-electron chi connectivity index (χ0n) is 24.3. The summed E-state index contributed by atoms with van der Waals surface area (Å²) in [6.45, 7) is 2.75. The average molecular weight is 631 g/mol. The molecular formula is C31H33F3N4O5S. The molecule has 13 heteroatoms. The van der Waals surface area contributed by atoms with Gasteiger partial charge in [0.25, 0.3) is 0 Å². The van der Waals surface area contributed by atoms with Crippen LogP contribution in [0.2, 0.25) is 0 Å². The van der Waals surface area contributed by atoms with Crippen molar-refractivity contribution in [1.29, 1.82) is 0 Å². The summed E-state index contributed by atoms with van der Waals surface area (Å²) in [5, 5.41) is 5.26. The van der Waals surface area contributed by atoms with Crippen molar-refractivity contribution >= 4 is 10.0 Å². The van der Waals surface area contributed by atoms with E-state index in [0.717, 1.165) is 12.0 Å². The highest BCUT2D eigenvalue weighted by Gasteiger charge is 2.40. The van der Waals surface area contributed by atoms with Crippen molar-refractivity contribution in [2.24, 2.45) is 5.14 Å². The number of sulfonamides is 1. The van der Waals surface area contributed by atoms with E-state index >= 15 is 0 Å². The first-order chi connectivity index (χ1) is 21.0. The van der Waals surface area contributed by atoms with Crippen LogP contribution in [-0.2, 0) is 42.4 Å². The highest BCUT2D eigenvalue weighted by Crippen LogP contribution is 2.39. The number of alkyl halides is 3. The Labute approximate surface area is 254 Å². The molecule has 1 aliphatic rings. The molecule has 5 rings (SSSR count). The van der Waals surface area contributed by atoms with E-state index in [-0.39, 0.29) is 42.8 Å². The van der Waals surface area contributed by atoms with Crippen molar-refractivity contribution in [1.82, 2.24) is 14.5 Å². The van der Waals surface area contributed by atoms with Gasteiger partial charge in [0, 0.05) is 26.2 Å². The summed E-state index contributed by atoms with van der Waals surface area (Å²) < 4.78 is 85.6. The van der Waals surface area contributed by atoms with E-state index in [4.69, 9.17) is 19.3 Å². The second-order valence-electron chi connectivity index (χ2n) is 10.5. The molecule has 3 aromatic carbocycles. The molecule has 9 nitrogen and oxygen atoms in total. The van der Waals surface area contributed by atoms with Crippen LogP contribution in [-0.4, -0.2) is 36.8 Å². The lowest BCUT2D eigenvalue weighted by Gasteiger charge is -2.25. The molecule has 2 heterocycles. The molecule has 0 atom stereocenters. The van der Waals surface area contributed by atoms with Gasteiger partial charge in [0.15, 0.2) is 17.2 Å². The van der Waals surface area contributed by atoms with Crippen molar-refractivity contribution in [3.8, 4) is 28.6 Å². The van der Waals surface area contributed by atoms with Crippen molar-refractivity contribution in [3.05, 3.63) is 89.2 Å². The average Bonchev–Trinajstić information content (AvgIpc) is 3.60. The number of aromatic nitrogens is 2. The molecule has 44 heavy (non-hydrogen) atoms. The van der Waals surface area contributed by atoms with Crippen LogP contribution in [0.4, 0.5) is 13.2 Å². The normalized spacial score (nSPS) is 13.1. The number of hydrogen-bond acceptors (Lipinski definition) is 7. The van der Waals surface area contributed by atoms with Gasteiger partial charge in [-0.2, -0.15) is 13.2 Å². The molecule has 0 saturated carbocycles. The lowest BCUT2D eigenvalue weighted by molar-refractivity contribution is -0.141. The van der Waals surface area contributed by atoms with Crippen LogP contribution in [0.25, 0.3) is 11.4 Å². The Kier molecular flexibility index (Phi) is 9.18. The number of rotatable bonds is 12. The van der Waals surface area contributed by atoms with E-state index in [1.165, 1.54) is 19.2 Å². The number of para-hydroxylation sites is 1. The van der Waals surface area contributed by atoms with Gasteiger partial charge in [-0.1, -0.05) is 43.7 Å². The summed E-state index contributed by atoms with van der Waals surface area (Å²) in [4.78, 5) is 5.98. The SMILES string of the molecule is CCCCn1c(-c2ccccc2OC)nc(C(F)(F)F)c1CN(Cc1ccc(S(N)(=O)=O)cc1)Cc1ccc2c(c1)OCO2. The monoisotopic (exact) mass is 630 g/mol. The molecular weight excluding hydrogens is 597 g/mol. The Balaban J connectivity index is 1.59. The highest BCUT2D eigenvalue weighted by molar-refractivity contribution is 7.89. The summed E-state index contributed by atoms with van der Waals surface area (Å²) in [5.74, 6) is 1.75. The predicted octanol–water partition coefficient (Wildman–Crippen LogP) is 5.96. The summed E-state index contributed by atoms with van der Waals surface area (Å²) >= 11 is 0. The molecule has 0 aliphatic carbocycles. The summed E-state index contributed by atoms with van der Waals surface area (Å²) in [7, 11) is -2.43. The van der Waals surface area contributed by atoms with Crippen molar-refractivity contribution in [3.63, 3.8) is 0 Å². The van der Waals surface area contributed by atoms with Crippen molar-refractivity contribution in [2.45, 2.75) is 57.0 Å². The van der Waals surface area contributed by atoms with Crippen LogP contribution in [0.5, 0.6) is 17.2 Å². The topological polar surface area (TPSA) is 109 Å². The lowest BCUT2D eigenvalue weighted by Crippen LogP contribution is -2.26. The molecule has 1 aromatic heterocycles. The second-order valence-corrected chi connectivity index (χ2v) is 12.0. The molecule has 1 aliphatic heterocycles. The first-order valence-corrected chi connectivity index (χ1v) is 15.5. The van der Waals surface area contributed by atoms with Gasteiger partial charge in [0.1, 0.15) is 11.6 Å². The molecule has 0 spiro atoms. The zero-order chi connectivity index (χ0) is 31.5. The molecule has 0 unspecified atom stereocenters. The largest absolute Gasteiger partial charge is 0.496 e. The van der Waals surface area contributed by atoms with Crippen molar-refractivity contribution in [2.75, 3.05) is 13.9 Å². The molecule has 2 N–H and O–H groups in total. The number of nitrogens with zero attached hydrogens (tertiary/aromatic N) is 3. The van der Waals surface area contributed by atoms with Crippen LogP contribution in [0.1, 0.15) is 42.3 Å². The van der Waals surface area contributed by atoms with Gasteiger partial charge in [0.2, 0.25) is 16.8 Å². The van der Waals surface area contributed by atoms with E-state index < -0.39 is 21.9 Å². The van der Waals surface area contributed by atoms with E-state index in [2.05, 4.69) is 4.98 Å². The maximum Gasteiger partial charge on any atom is 0.435 e. The molecule has 0 fully saturated rings. The Bertz CT molecular complexity index is 1720. The number of ether oxygens (including phenoxy) is 3. The van der Waals surface area contributed by atoms with Gasteiger partial charge in [-0.25, -0.2) is 18.5 Å². The third-order valence-electron chi connectivity index (χ3n) is 7.30. The summed E-state index contributed by atoms with van der Waals surface area (Å²) in [6, 6.07) is 18.3. The van der Waals surface area contributed by atoms with Gasteiger partial charge >= 0.3 is 6.18 Å². The smallest absolute Gasteiger partial charge is 0.435 e. The van der Waals surface area contributed by atoms with Crippen molar-refractivity contribution < 1.29 is 35.8 Å². The number of nitrogens with two attached hydrogens (primary N) is 1. The number of halogens is 3. The molecule has 0 radical (unpaired) electrons. The molecule has 0 bridgehead atoms. The number of methoxy groups -OCH3 is 1. The number of fused-ring (bicyclic) bond motifs is 1. The fourth-order valence-electron chi connectivity index (χ4n) is 5.19. The molecule has 0 amide bonds. The van der Waals surface area contributed by atoms with Gasteiger partial charge < -0.3 is 18.8 Å². The van der Waals surface area contributed by atoms with Gasteiger partial charge in [0.05, 0.1) is 23.3 Å². The first kappa shape index (κ1) is 31.4. The zero-order valence-corrected chi connectivity index (χ0v) is 25.1. The molecule has 0 saturated heterocycles. The third-order valence-corrected chi connectivity index (χ3v) is 8.23. The number of unbranched alkanes of at least 4 members (excludes halogenated alkanes) is 1. The molecule has 4 aromatic rings. The quantitative estimate of drug-likeness (QED) is 0.206. The van der Waals surface area contributed by atoms with E-state index in [0.29, 0.717) is 41.3 Å². The van der Waals surface area contributed by atoms with Crippen LogP contribution in [0.15, 0.2) is 71.6 Å².